The molecule has 1 unspecified atom stereocenters. The molecule has 24 heavy (non-hydrogen) atoms. The van der Waals surface area contributed by atoms with E-state index in [2.05, 4.69) is 15.4 Å². The third kappa shape index (κ3) is 5.61. The molecule has 0 heterocycles. The summed E-state index contributed by atoms with van der Waals surface area (Å²) in [6.45, 7) is 5.89. The molecular weight excluding hydrogens is 330 g/mol. The number of amides is 2. The Morgan fingerprint density at radius 2 is 1.71 bits per heavy atom. The van der Waals surface area contributed by atoms with E-state index >= 15 is 0 Å². The van der Waals surface area contributed by atoms with Gasteiger partial charge in [-0.2, -0.15) is 0 Å². The summed E-state index contributed by atoms with van der Waals surface area (Å²) in [6.07, 6.45) is 0.512. The van der Waals surface area contributed by atoms with Crippen LogP contribution >= 0.6 is 0 Å². The molecule has 1 rings (SSSR count). The van der Waals surface area contributed by atoms with Gasteiger partial charge in [0.15, 0.2) is 0 Å². The van der Waals surface area contributed by atoms with Gasteiger partial charge in [0, 0.05) is 19.2 Å². The molecule has 1 aromatic carbocycles. The fourth-order valence-electron chi connectivity index (χ4n) is 2.18. The van der Waals surface area contributed by atoms with Crippen LogP contribution < -0.4 is 15.4 Å². The van der Waals surface area contributed by atoms with E-state index in [0.29, 0.717) is 12.0 Å². The highest BCUT2D eigenvalue weighted by Gasteiger charge is 2.22. The zero-order chi connectivity index (χ0) is 18.3. The zero-order valence-corrected chi connectivity index (χ0v) is 15.2. The van der Waals surface area contributed by atoms with Crippen LogP contribution in [0.4, 0.5) is 0 Å². The molecule has 1 aromatic rings. The van der Waals surface area contributed by atoms with Crippen molar-refractivity contribution in [2.75, 3.05) is 13.6 Å². The summed E-state index contributed by atoms with van der Waals surface area (Å²) in [5.41, 5.74) is 0.295. The summed E-state index contributed by atoms with van der Waals surface area (Å²) in [6, 6.07) is 4.95. The Morgan fingerprint density at radius 3 is 2.17 bits per heavy atom. The lowest BCUT2D eigenvalue weighted by Gasteiger charge is -2.19. The van der Waals surface area contributed by atoms with Gasteiger partial charge in [0.25, 0.3) is 5.91 Å². The second-order valence-corrected chi connectivity index (χ2v) is 7.56. The topological polar surface area (TPSA) is 104 Å². The summed E-state index contributed by atoms with van der Waals surface area (Å²) in [5, 5.41) is 5.21. The number of hydrogen-bond acceptors (Lipinski definition) is 4. The van der Waals surface area contributed by atoms with Crippen molar-refractivity contribution in [2.24, 2.45) is 5.92 Å². The van der Waals surface area contributed by atoms with Crippen molar-refractivity contribution in [3.8, 4) is 0 Å². The fraction of sp³-hybridized carbons (Fsp3) is 0.500. The van der Waals surface area contributed by atoms with E-state index in [9.17, 15) is 18.0 Å². The highest BCUT2D eigenvalue weighted by molar-refractivity contribution is 7.89. The molecule has 0 bridgehead atoms. The number of carbonyl (C=O) groups excluding carboxylic acids is 2. The molecule has 1 atom stereocenters. The van der Waals surface area contributed by atoms with Crippen molar-refractivity contribution in [2.45, 2.75) is 38.1 Å². The molecule has 7 nitrogen and oxygen atoms in total. The van der Waals surface area contributed by atoms with Crippen LogP contribution in [0.3, 0.4) is 0 Å². The van der Waals surface area contributed by atoms with Crippen LogP contribution in [0.15, 0.2) is 29.2 Å². The number of nitrogens with one attached hydrogen (secondary N) is 3. The minimum absolute atomic E-state index is 0.0888. The molecule has 0 aliphatic rings. The second-order valence-electron chi connectivity index (χ2n) is 5.80. The maximum Gasteiger partial charge on any atom is 0.251 e. The van der Waals surface area contributed by atoms with E-state index in [1.54, 1.807) is 6.92 Å². The first-order valence-electron chi connectivity index (χ1n) is 7.83. The van der Waals surface area contributed by atoms with E-state index in [-0.39, 0.29) is 23.3 Å². The first-order valence-corrected chi connectivity index (χ1v) is 9.31. The van der Waals surface area contributed by atoms with Crippen molar-refractivity contribution < 1.29 is 18.0 Å². The van der Waals surface area contributed by atoms with Crippen molar-refractivity contribution in [1.29, 1.82) is 0 Å². The van der Waals surface area contributed by atoms with Gasteiger partial charge in [-0.05, 0) is 36.6 Å². The van der Waals surface area contributed by atoms with Gasteiger partial charge in [0.05, 0.1) is 4.90 Å². The van der Waals surface area contributed by atoms with Crippen molar-refractivity contribution in [3.63, 3.8) is 0 Å². The third-order valence-corrected chi connectivity index (χ3v) is 4.90. The number of carbonyl (C=O) groups is 2. The van der Waals surface area contributed by atoms with Crippen LogP contribution in [0.1, 0.15) is 37.6 Å². The van der Waals surface area contributed by atoms with Gasteiger partial charge in [-0.3, -0.25) is 9.59 Å². The SMILES string of the molecule is CCNS(=O)(=O)c1ccc(C(=O)NC(CC(C)C)C(=O)NC)cc1. The largest absolute Gasteiger partial charge is 0.357 e. The summed E-state index contributed by atoms with van der Waals surface area (Å²) < 4.78 is 26.1. The minimum Gasteiger partial charge on any atom is -0.357 e. The maximum absolute atomic E-state index is 12.3. The molecule has 0 saturated heterocycles. The molecule has 8 heteroatoms. The summed E-state index contributed by atoms with van der Waals surface area (Å²) in [5.74, 6) is -0.444. The normalized spacial score (nSPS) is 12.7. The van der Waals surface area contributed by atoms with E-state index in [0.717, 1.165) is 0 Å². The van der Waals surface area contributed by atoms with Gasteiger partial charge in [0.1, 0.15) is 6.04 Å². The van der Waals surface area contributed by atoms with Crippen molar-refractivity contribution in [3.05, 3.63) is 29.8 Å². The monoisotopic (exact) mass is 355 g/mol. The van der Waals surface area contributed by atoms with E-state index in [1.807, 2.05) is 13.8 Å². The Kier molecular flexibility index (Phi) is 7.37. The second kappa shape index (κ2) is 8.79. The average molecular weight is 355 g/mol. The van der Waals surface area contributed by atoms with E-state index in [1.165, 1.54) is 31.3 Å². The minimum atomic E-state index is -3.55. The van der Waals surface area contributed by atoms with Gasteiger partial charge in [-0.15, -0.1) is 0 Å². The zero-order valence-electron chi connectivity index (χ0n) is 14.4. The van der Waals surface area contributed by atoms with Crippen LogP contribution in [-0.2, 0) is 14.8 Å². The molecule has 0 spiro atoms. The Bertz CT molecular complexity index is 669. The fourth-order valence-corrected chi connectivity index (χ4v) is 3.22. The summed E-state index contributed by atoms with van der Waals surface area (Å²) in [7, 11) is -2.04. The lowest BCUT2D eigenvalue weighted by Crippen LogP contribution is -2.46. The lowest BCUT2D eigenvalue weighted by molar-refractivity contribution is -0.122. The first kappa shape index (κ1) is 20.1. The average Bonchev–Trinajstić information content (AvgIpc) is 2.53. The van der Waals surface area contributed by atoms with Gasteiger partial charge in [0.2, 0.25) is 15.9 Å². The molecule has 3 N–H and O–H groups in total. The Morgan fingerprint density at radius 1 is 1.12 bits per heavy atom. The Balaban J connectivity index is 2.89. The maximum atomic E-state index is 12.3. The predicted octanol–water partition coefficient (Wildman–Crippen LogP) is 0.875. The van der Waals surface area contributed by atoms with Gasteiger partial charge >= 0.3 is 0 Å². The molecule has 0 aliphatic carbocycles. The number of benzene rings is 1. The van der Waals surface area contributed by atoms with Gasteiger partial charge in [-0.1, -0.05) is 20.8 Å². The quantitative estimate of drug-likeness (QED) is 0.644. The molecule has 0 aliphatic heterocycles. The highest BCUT2D eigenvalue weighted by Crippen LogP contribution is 2.11. The predicted molar refractivity (Wildman–Crippen MR) is 92.1 cm³/mol. The van der Waals surface area contributed by atoms with Crippen LogP contribution in [-0.4, -0.2) is 39.9 Å². The number of likely N-dealkylation sites (N-methyl/N-ethyl adjacent to an activating group) is 1. The Labute approximate surface area is 143 Å². The van der Waals surface area contributed by atoms with Crippen LogP contribution in [0.2, 0.25) is 0 Å². The standard InChI is InChI=1S/C16H25N3O4S/c1-5-18-24(22,23)13-8-6-12(7-9-13)15(20)19-14(10-11(2)3)16(21)17-4/h6-9,11,14,18H,5,10H2,1-4H3,(H,17,21)(H,19,20). The van der Waals surface area contributed by atoms with E-state index < -0.39 is 22.0 Å². The van der Waals surface area contributed by atoms with Crippen molar-refractivity contribution in [1.82, 2.24) is 15.4 Å². The van der Waals surface area contributed by atoms with Crippen LogP contribution in [0.25, 0.3) is 0 Å². The van der Waals surface area contributed by atoms with Crippen LogP contribution in [0.5, 0.6) is 0 Å². The molecule has 134 valence electrons. The van der Waals surface area contributed by atoms with E-state index in [4.69, 9.17) is 0 Å². The van der Waals surface area contributed by atoms with Crippen molar-refractivity contribution >= 4 is 21.8 Å². The number of hydrogen-bond donors (Lipinski definition) is 3. The highest BCUT2D eigenvalue weighted by atomic mass is 32.2. The number of sulfonamides is 1. The van der Waals surface area contributed by atoms with Gasteiger partial charge in [-0.25, -0.2) is 13.1 Å². The number of rotatable bonds is 8. The molecule has 0 aromatic heterocycles. The van der Waals surface area contributed by atoms with Gasteiger partial charge < -0.3 is 10.6 Å². The molecule has 0 radical (unpaired) electrons. The molecule has 2 amide bonds. The van der Waals surface area contributed by atoms with Crippen LogP contribution in [0, 0.1) is 5.92 Å². The Hall–Kier alpha value is -1.93. The lowest BCUT2D eigenvalue weighted by atomic mass is 10.0. The summed E-state index contributed by atoms with van der Waals surface area (Å²) >= 11 is 0. The summed E-state index contributed by atoms with van der Waals surface area (Å²) in [4.78, 5) is 24.2. The molecule has 0 saturated carbocycles. The smallest absolute Gasteiger partial charge is 0.251 e. The first-order chi connectivity index (χ1) is 11.2. The molecule has 0 fully saturated rings. The molecular formula is C16H25N3O4S. The third-order valence-electron chi connectivity index (χ3n) is 3.34.